The minimum Gasteiger partial charge on any atom is -0.324 e. The lowest BCUT2D eigenvalue weighted by Gasteiger charge is -2.04. The van der Waals surface area contributed by atoms with E-state index in [4.69, 9.17) is 0 Å². The van der Waals surface area contributed by atoms with Crippen LogP contribution in [0.4, 0.5) is 10.3 Å². The second-order valence-electron chi connectivity index (χ2n) is 6.40. The summed E-state index contributed by atoms with van der Waals surface area (Å²) >= 11 is 0. The molecular weight excluding hydrogens is 357 g/mol. The van der Waals surface area contributed by atoms with Gasteiger partial charge in [0, 0.05) is 17.3 Å². The number of imidazole rings is 1. The Labute approximate surface area is 160 Å². The van der Waals surface area contributed by atoms with Crippen molar-refractivity contribution in [2.75, 3.05) is 5.32 Å². The normalized spacial score (nSPS) is 11.4. The molecule has 0 saturated heterocycles. The molecule has 4 aromatic rings. The summed E-state index contributed by atoms with van der Waals surface area (Å²) in [5, 5.41) is 7.22. The molecule has 0 spiro atoms. The van der Waals surface area contributed by atoms with E-state index in [0.717, 1.165) is 33.7 Å². The number of benzene rings is 2. The number of aromatic nitrogens is 4. The van der Waals surface area contributed by atoms with Crippen molar-refractivity contribution in [1.29, 1.82) is 0 Å². The van der Waals surface area contributed by atoms with Gasteiger partial charge < -0.3 is 4.98 Å². The van der Waals surface area contributed by atoms with Crippen LogP contribution < -0.4 is 5.32 Å². The number of aromatic amines is 1. The molecule has 7 heteroatoms. The van der Waals surface area contributed by atoms with E-state index in [2.05, 4.69) is 20.4 Å². The molecule has 0 aliphatic heterocycles. The van der Waals surface area contributed by atoms with E-state index in [-0.39, 0.29) is 11.7 Å². The van der Waals surface area contributed by atoms with Gasteiger partial charge in [-0.15, -0.1) is 0 Å². The first-order chi connectivity index (χ1) is 13.5. The molecule has 0 fully saturated rings. The van der Waals surface area contributed by atoms with Crippen LogP contribution in [-0.4, -0.2) is 25.7 Å². The maximum absolute atomic E-state index is 13.2. The Morgan fingerprint density at radius 1 is 1.14 bits per heavy atom. The Hall–Kier alpha value is -3.74. The predicted molar refractivity (Wildman–Crippen MR) is 107 cm³/mol. The second-order valence-corrected chi connectivity index (χ2v) is 6.40. The number of H-pyrrole nitrogens is 1. The van der Waals surface area contributed by atoms with Crippen molar-refractivity contribution in [3.63, 3.8) is 0 Å². The highest BCUT2D eigenvalue weighted by molar-refractivity contribution is 6.01. The largest absolute Gasteiger partial charge is 0.324 e. The minimum absolute atomic E-state index is 0.298. The Morgan fingerprint density at radius 2 is 1.89 bits per heavy atom. The molecule has 1 amide bonds. The molecule has 2 aromatic carbocycles. The number of fused-ring (bicyclic) bond motifs is 1. The highest BCUT2D eigenvalue weighted by Crippen LogP contribution is 2.20. The van der Waals surface area contributed by atoms with Crippen LogP contribution in [0.1, 0.15) is 17.0 Å². The zero-order chi connectivity index (χ0) is 19.7. The molecular formula is C21H18FN5O. The number of halogens is 1. The highest BCUT2D eigenvalue weighted by Gasteiger charge is 2.11. The number of nitrogens with zero attached hydrogens (tertiary/aromatic N) is 3. The van der Waals surface area contributed by atoms with Crippen LogP contribution in [-0.2, 0) is 4.79 Å². The standard InChI is InChI=1S/C21H18FN5O/c1-13-17(14(2)27(26-13)16-9-7-15(22)8-10-16)11-12-20(28)25-21-23-18-5-3-4-6-19(18)24-21/h3-12H,1-2H3,(H2,23,24,25,28)/b12-11+. The molecule has 28 heavy (non-hydrogen) atoms. The van der Waals surface area contributed by atoms with Crippen LogP contribution in [0.2, 0.25) is 0 Å². The lowest BCUT2D eigenvalue weighted by atomic mass is 10.2. The maximum atomic E-state index is 13.2. The van der Waals surface area contributed by atoms with E-state index >= 15 is 0 Å². The maximum Gasteiger partial charge on any atom is 0.250 e. The van der Waals surface area contributed by atoms with Crippen LogP contribution in [0.3, 0.4) is 0 Å². The smallest absolute Gasteiger partial charge is 0.250 e. The fourth-order valence-electron chi connectivity index (χ4n) is 3.06. The fraction of sp³-hybridized carbons (Fsp3) is 0.0952. The molecule has 0 bridgehead atoms. The van der Waals surface area contributed by atoms with E-state index in [1.54, 1.807) is 22.9 Å². The first kappa shape index (κ1) is 17.7. The van der Waals surface area contributed by atoms with Crippen LogP contribution in [0, 0.1) is 19.7 Å². The summed E-state index contributed by atoms with van der Waals surface area (Å²) in [4.78, 5) is 19.7. The van der Waals surface area contributed by atoms with Gasteiger partial charge in [-0.3, -0.25) is 10.1 Å². The minimum atomic E-state index is -0.299. The third-order valence-electron chi connectivity index (χ3n) is 4.45. The van der Waals surface area contributed by atoms with Gasteiger partial charge in [-0.2, -0.15) is 5.10 Å². The number of aryl methyl sites for hydroxylation is 1. The Kier molecular flexibility index (Phi) is 4.49. The molecule has 0 aliphatic rings. The summed E-state index contributed by atoms with van der Waals surface area (Å²) in [5.74, 6) is -0.202. The molecule has 2 N–H and O–H groups in total. The number of amides is 1. The highest BCUT2D eigenvalue weighted by atomic mass is 19.1. The third-order valence-corrected chi connectivity index (χ3v) is 4.45. The first-order valence-corrected chi connectivity index (χ1v) is 8.77. The molecule has 4 rings (SSSR count). The van der Waals surface area contributed by atoms with Crippen molar-refractivity contribution in [3.8, 4) is 5.69 Å². The molecule has 0 saturated carbocycles. The van der Waals surface area contributed by atoms with Crippen molar-refractivity contribution < 1.29 is 9.18 Å². The van der Waals surface area contributed by atoms with Crippen LogP contribution in [0.15, 0.2) is 54.6 Å². The molecule has 0 unspecified atom stereocenters. The number of nitrogens with one attached hydrogen (secondary N) is 2. The van der Waals surface area contributed by atoms with Crippen LogP contribution in [0.25, 0.3) is 22.8 Å². The molecule has 2 aromatic heterocycles. The van der Waals surface area contributed by atoms with Gasteiger partial charge in [0.2, 0.25) is 5.95 Å². The first-order valence-electron chi connectivity index (χ1n) is 8.77. The molecule has 6 nitrogen and oxygen atoms in total. The van der Waals surface area contributed by atoms with Gasteiger partial charge in [-0.25, -0.2) is 14.1 Å². The van der Waals surface area contributed by atoms with Crippen molar-refractivity contribution in [3.05, 3.63) is 77.4 Å². The Morgan fingerprint density at radius 3 is 2.64 bits per heavy atom. The number of carbonyl (C=O) groups is 1. The van der Waals surface area contributed by atoms with Gasteiger partial charge in [0.05, 0.1) is 22.4 Å². The molecule has 0 radical (unpaired) electrons. The third kappa shape index (κ3) is 3.42. The van der Waals surface area contributed by atoms with Crippen molar-refractivity contribution >= 4 is 29.0 Å². The Balaban J connectivity index is 1.54. The van der Waals surface area contributed by atoms with Crippen LogP contribution >= 0.6 is 0 Å². The summed E-state index contributed by atoms with van der Waals surface area (Å²) in [6.45, 7) is 3.77. The quantitative estimate of drug-likeness (QED) is 0.526. The average molecular weight is 375 g/mol. The summed E-state index contributed by atoms with van der Waals surface area (Å²) in [7, 11) is 0. The summed E-state index contributed by atoms with van der Waals surface area (Å²) in [6.07, 6.45) is 3.16. The van der Waals surface area contributed by atoms with Gasteiger partial charge in [-0.05, 0) is 56.3 Å². The van der Waals surface area contributed by atoms with Crippen LogP contribution in [0.5, 0.6) is 0 Å². The van der Waals surface area contributed by atoms with Crippen molar-refractivity contribution in [2.45, 2.75) is 13.8 Å². The number of para-hydroxylation sites is 2. The summed E-state index contributed by atoms with van der Waals surface area (Å²) in [6, 6.07) is 13.7. The lowest BCUT2D eigenvalue weighted by molar-refractivity contribution is -0.111. The van der Waals surface area contributed by atoms with Gasteiger partial charge in [0.25, 0.3) is 5.91 Å². The monoisotopic (exact) mass is 375 g/mol. The van der Waals surface area contributed by atoms with E-state index in [9.17, 15) is 9.18 Å². The van der Waals surface area contributed by atoms with Gasteiger partial charge in [0.1, 0.15) is 5.82 Å². The molecule has 0 atom stereocenters. The summed E-state index contributed by atoms with van der Waals surface area (Å²) < 4.78 is 14.9. The SMILES string of the molecule is Cc1nn(-c2ccc(F)cc2)c(C)c1/C=C/C(=O)Nc1nc2ccccc2[nH]1. The second kappa shape index (κ2) is 7.11. The molecule has 2 heterocycles. The summed E-state index contributed by atoms with van der Waals surface area (Å²) in [5.41, 5.74) is 4.87. The lowest BCUT2D eigenvalue weighted by Crippen LogP contribution is -2.09. The van der Waals surface area contributed by atoms with Gasteiger partial charge in [0.15, 0.2) is 0 Å². The van der Waals surface area contributed by atoms with E-state index in [0.29, 0.717) is 5.95 Å². The number of anilines is 1. The number of rotatable bonds is 4. The predicted octanol–water partition coefficient (Wildman–Crippen LogP) is 4.16. The van der Waals surface area contributed by atoms with E-state index < -0.39 is 0 Å². The van der Waals surface area contributed by atoms with E-state index in [1.165, 1.54) is 18.2 Å². The number of hydrogen-bond acceptors (Lipinski definition) is 3. The topological polar surface area (TPSA) is 75.6 Å². The van der Waals surface area contributed by atoms with E-state index in [1.807, 2.05) is 38.1 Å². The average Bonchev–Trinajstić information content (AvgIpc) is 3.21. The zero-order valence-corrected chi connectivity index (χ0v) is 15.4. The van der Waals surface area contributed by atoms with Gasteiger partial charge >= 0.3 is 0 Å². The Bertz CT molecular complexity index is 1150. The van der Waals surface area contributed by atoms with Gasteiger partial charge in [-0.1, -0.05) is 12.1 Å². The molecule has 0 aliphatic carbocycles. The fourth-order valence-corrected chi connectivity index (χ4v) is 3.06. The number of hydrogen-bond donors (Lipinski definition) is 2. The number of carbonyl (C=O) groups excluding carboxylic acids is 1. The zero-order valence-electron chi connectivity index (χ0n) is 15.4. The molecule has 140 valence electrons. The van der Waals surface area contributed by atoms with Crippen molar-refractivity contribution in [2.24, 2.45) is 0 Å². The van der Waals surface area contributed by atoms with Crippen molar-refractivity contribution in [1.82, 2.24) is 19.7 Å².